The molecule has 5 rings (SSSR count). The number of nitrogens with zero attached hydrogens (tertiary/aromatic N) is 6. The van der Waals surface area contributed by atoms with Crippen molar-refractivity contribution in [2.45, 2.75) is 39.7 Å². The zero-order valence-corrected chi connectivity index (χ0v) is 25.1. The third-order valence-electron chi connectivity index (χ3n) is 7.80. The third kappa shape index (κ3) is 5.00. The maximum absolute atomic E-state index is 15.2. The van der Waals surface area contributed by atoms with Crippen molar-refractivity contribution >= 4 is 39.9 Å². The van der Waals surface area contributed by atoms with Crippen molar-refractivity contribution in [1.82, 2.24) is 19.4 Å². The minimum absolute atomic E-state index is 0.0106. The van der Waals surface area contributed by atoms with Crippen LogP contribution >= 0.6 is 11.6 Å². The number of piperazine rings is 1. The Balaban J connectivity index is 1.90. The molecule has 1 saturated heterocycles. The Morgan fingerprint density at radius 1 is 1.28 bits per heavy atom. The first kappa shape index (κ1) is 29.7. The van der Waals surface area contributed by atoms with E-state index in [0.717, 1.165) is 5.56 Å². The molecule has 1 aromatic carbocycles. The van der Waals surface area contributed by atoms with Gasteiger partial charge >= 0.3 is 0 Å². The maximum atomic E-state index is 15.2. The highest BCUT2D eigenvalue weighted by atomic mass is 35.5. The molecule has 1 atom stereocenters. The number of hydrogen-bond donors (Lipinski definition) is 1. The fraction of sp³-hybridized carbons (Fsp3) is 0.281. The van der Waals surface area contributed by atoms with Crippen LogP contribution < -0.4 is 16.2 Å². The third-order valence-corrected chi connectivity index (χ3v) is 8.09. The molecule has 1 aliphatic heterocycles. The van der Waals surface area contributed by atoms with Crippen molar-refractivity contribution in [2.24, 2.45) is 0 Å². The highest BCUT2D eigenvalue weighted by Gasteiger charge is 2.32. The number of anilines is 2. The average Bonchev–Trinajstić information content (AvgIpc) is 2.97. The summed E-state index contributed by atoms with van der Waals surface area (Å²) < 4.78 is 16.6. The Hall–Kier alpha value is -4.75. The molecule has 11 heteroatoms. The molecule has 0 bridgehead atoms. The van der Waals surface area contributed by atoms with Gasteiger partial charge in [0.2, 0.25) is 5.91 Å². The quantitative estimate of drug-likeness (QED) is 0.242. The molecule has 0 unspecified atom stereocenters. The SMILES string of the molecule is C=CC(=O)N1CCN(c2c(C#N)c(=O)n(-c3c(C)ccnc3C(C)C)c3nc(-c4c(N)cccc4F)c(Cl)cc23)C[C@H]1C. The Bertz CT molecular complexity index is 1880. The van der Waals surface area contributed by atoms with Crippen LogP contribution in [0.1, 0.15) is 43.5 Å². The largest absolute Gasteiger partial charge is 0.398 e. The van der Waals surface area contributed by atoms with Gasteiger partial charge in [-0.15, -0.1) is 0 Å². The van der Waals surface area contributed by atoms with E-state index in [1.54, 1.807) is 29.3 Å². The highest BCUT2D eigenvalue weighted by Crippen LogP contribution is 2.39. The molecular weight excluding hydrogens is 569 g/mol. The number of nitriles is 1. The smallest absolute Gasteiger partial charge is 0.276 e. The Morgan fingerprint density at radius 3 is 2.65 bits per heavy atom. The molecule has 0 radical (unpaired) electrons. The lowest BCUT2D eigenvalue weighted by Gasteiger charge is -2.41. The molecule has 43 heavy (non-hydrogen) atoms. The lowest BCUT2D eigenvalue weighted by Crippen LogP contribution is -2.54. The van der Waals surface area contributed by atoms with E-state index in [-0.39, 0.29) is 51.0 Å². The van der Waals surface area contributed by atoms with E-state index >= 15 is 4.39 Å². The van der Waals surface area contributed by atoms with Crippen LogP contribution in [-0.4, -0.2) is 51.0 Å². The first-order valence-corrected chi connectivity index (χ1v) is 14.2. The normalized spacial score (nSPS) is 15.2. The van der Waals surface area contributed by atoms with Crippen molar-refractivity contribution in [3.63, 3.8) is 0 Å². The van der Waals surface area contributed by atoms with Gasteiger partial charge in [-0.1, -0.05) is 38.1 Å². The molecule has 1 fully saturated rings. The van der Waals surface area contributed by atoms with E-state index in [0.29, 0.717) is 42.1 Å². The number of rotatable bonds is 5. The van der Waals surface area contributed by atoms with Crippen LogP contribution in [0.3, 0.4) is 0 Å². The van der Waals surface area contributed by atoms with Gasteiger partial charge in [0.15, 0.2) is 0 Å². The van der Waals surface area contributed by atoms with Gasteiger partial charge < -0.3 is 15.5 Å². The predicted octanol–water partition coefficient (Wildman–Crippen LogP) is 5.35. The van der Waals surface area contributed by atoms with E-state index in [2.05, 4.69) is 17.6 Å². The highest BCUT2D eigenvalue weighted by molar-refractivity contribution is 6.34. The fourth-order valence-electron chi connectivity index (χ4n) is 5.76. The van der Waals surface area contributed by atoms with Crippen LogP contribution in [0, 0.1) is 24.1 Å². The molecule has 0 spiro atoms. The van der Waals surface area contributed by atoms with Crippen molar-refractivity contribution in [2.75, 3.05) is 30.3 Å². The number of amides is 1. The lowest BCUT2D eigenvalue weighted by atomic mass is 10.0. The molecule has 4 aromatic rings. The molecule has 2 N–H and O–H groups in total. The van der Waals surface area contributed by atoms with Crippen LogP contribution in [0.2, 0.25) is 5.02 Å². The first-order valence-electron chi connectivity index (χ1n) is 13.9. The molecule has 9 nitrogen and oxygen atoms in total. The van der Waals surface area contributed by atoms with E-state index in [9.17, 15) is 14.9 Å². The van der Waals surface area contributed by atoms with E-state index < -0.39 is 11.4 Å². The van der Waals surface area contributed by atoms with Gasteiger partial charge in [-0.05, 0) is 55.7 Å². The van der Waals surface area contributed by atoms with Crippen molar-refractivity contribution < 1.29 is 9.18 Å². The zero-order chi connectivity index (χ0) is 31.2. The van der Waals surface area contributed by atoms with Gasteiger partial charge in [-0.3, -0.25) is 19.1 Å². The minimum Gasteiger partial charge on any atom is -0.398 e. The average molecular weight is 600 g/mol. The van der Waals surface area contributed by atoms with Gasteiger partial charge in [0.05, 0.1) is 33.3 Å². The summed E-state index contributed by atoms with van der Waals surface area (Å²) >= 11 is 6.80. The van der Waals surface area contributed by atoms with Crippen molar-refractivity contribution in [3.05, 3.63) is 87.2 Å². The summed E-state index contributed by atoms with van der Waals surface area (Å²) in [5.41, 5.74) is 8.10. The van der Waals surface area contributed by atoms with Gasteiger partial charge in [-0.2, -0.15) is 5.26 Å². The summed E-state index contributed by atoms with van der Waals surface area (Å²) in [6.07, 6.45) is 2.94. The molecular formula is C32H31ClFN7O2. The van der Waals surface area contributed by atoms with Crippen LogP contribution in [0.5, 0.6) is 0 Å². The number of nitrogens with two attached hydrogens (primary N) is 1. The number of nitrogen functional groups attached to an aromatic ring is 1. The summed E-state index contributed by atoms with van der Waals surface area (Å²) in [4.78, 5) is 39.8. The number of aromatic nitrogens is 3. The van der Waals surface area contributed by atoms with Crippen LogP contribution in [0.25, 0.3) is 28.0 Å². The summed E-state index contributed by atoms with van der Waals surface area (Å²) in [7, 11) is 0. The molecule has 0 saturated carbocycles. The van der Waals surface area contributed by atoms with Gasteiger partial charge in [0, 0.05) is 42.9 Å². The summed E-state index contributed by atoms with van der Waals surface area (Å²) in [6.45, 7) is 12.3. The van der Waals surface area contributed by atoms with E-state index in [1.165, 1.54) is 22.8 Å². The number of halogens is 2. The number of carbonyl (C=O) groups excluding carboxylic acids is 1. The number of pyridine rings is 3. The van der Waals surface area contributed by atoms with Crippen LogP contribution in [0.4, 0.5) is 15.8 Å². The number of fused-ring (bicyclic) bond motifs is 1. The first-order chi connectivity index (χ1) is 20.5. The molecule has 0 aliphatic carbocycles. The molecule has 220 valence electrons. The zero-order valence-electron chi connectivity index (χ0n) is 24.4. The predicted molar refractivity (Wildman–Crippen MR) is 167 cm³/mol. The minimum atomic E-state index is -0.617. The van der Waals surface area contributed by atoms with Gasteiger partial charge in [0.25, 0.3) is 5.56 Å². The second-order valence-electron chi connectivity index (χ2n) is 10.9. The van der Waals surface area contributed by atoms with E-state index in [4.69, 9.17) is 22.3 Å². The van der Waals surface area contributed by atoms with Gasteiger partial charge in [-0.25, -0.2) is 9.37 Å². The monoisotopic (exact) mass is 599 g/mol. The molecule has 4 heterocycles. The number of carbonyl (C=O) groups is 1. The van der Waals surface area contributed by atoms with Gasteiger partial charge in [0.1, 0.15) is 23.1 Å². The number of hydrogen-bond acceptors (Lipinski definition) is 7. The summed E-state index contributed by atoms with van der Waals surface area (Å²) in [6, 6.07) is 9.57. The maximum Gasteiger partial charge on any atom is 0.276 e. The topological polar surface area (TPSA) is 121 Å². The summed E-state index contributed by atoms with van der Waals surface area (Å²) in [5, 5.41) is 10.9. The Labute approximate surface area is 253 Å². The molecule has 3 aromatic heterocycles. The Kier molecular flexibility index (Phi) is 7.95. The second-order valence-corrected chi connectivity index (χ2v) is 11.3. The van der Waals surface area contributed by atoms with E-state index in [1.807, 2.05) is 32.6 Å². The fourth-order valence-corrected chi connectivity index (χ4v) is 6.01. The van der Waals surface area contributed by atoms with Crippen molar-refractivity contribution in [3.8, 4) is 23.0 Å². The molecule has 1 amide bonds. The lowest BCUT2D eigenvalue weighted by molar-refractivity contribution is -0.128. The standard InChI is InChI=1S/C32H31ClFN7O2/c1-6-25(42)40-13-12-39(16-19(40)5)30-20-14-22(33)28(26-23(34)8-7-9-24(26)36)38-31(20)41(32(43)21(30)15-35)29-18(4)10-11-37-27(29)17(2)3/h6-11,14,17,19H,1,12-13,16,36H2,2-5H3/t19-/m1/s1. The number of aryl methyl sites for hydroxylation is 1. The number of benzene rings is 1. The van der Waals surface area contributed by atoms with Crippen LogP contribution in [0.15, 0.2) is 54.0 Å². The molecule has 1 aliphatic rings. The second kappa shape index (κ2) is 11.5. The Morgan fingerprint density at radius 2 is 2.02 bits per heavy atom. The van der Waals surface area contributed by atoms with Crippen molar-refractivity contribution in [1.29, 1.82) is 5.26 Å². The summed E-state index contributed by atoms with van der Waals surface area (Å²) in [5.74, 6) is -0.890. The van der Waals surface area contributed by atoms with Crippen LogP contribution in [-0.2, 0) is 4.79 Å².